The van der Waals surface area contributed by atoms with Gasteiger partial charge in [-0.2, -0.15) is 0 Å². The zero-order valence-electron chi connectivity index (χ0n) is 10.4. The van der Waals surface area contributed by atoms with Crippen LogP contribution in [0.25, 0.3) is 0 Å². The Morgan fingerprint density at radius 3 is 2.95 bits per heavy atom. The van der Waals surface area contributed by atoms with E-state index in [4.69, 9.17) is 4.42 Å². The lowest BCUT2D eigenvalue weighted by molar-refractivity contribution is 0.0900. The number of carbonyl (C=O) groups is 1. The molecule has 1 amide bonds. The van der Waals surface area contributed by atoms with Gasteiger partial charge in [-0.05, 0) is 36.8 Å². The second-order valence-corrected chi connectivity index (χ2v) is 5.12. The summed E-state index contributed by atoms with van der Waals surface area (Å²) in [7, 11) is 0. The molecule has 0 saturated carbocycles. The summed E-state index contributed by atoms with van der Waals surface area (Å²) in [6.45, 7) is 1.97. The van der Waals surface area contributed by atoms with E-state index < -0.39 is 6.10 Å². The number of rotatable bonds is 4. The molecule has 0 aliphatic heterocycles. The number of aliphatic hydroxyl groups excluding tert-OH is 1. The average molecular weight is 324 g/mol. The third kappa shape index (κ3) is 3.45. The highest BCUT2D eigenvalue weighted by Crippen LogP contribution is 2.16. The van der Waals surface area contributed by atoms with Gasteiger partial charge < -0.3 is 14.8 Å². The van der Waals surface area contributed by atoms with Crippen LogP contribution in [0.1, 0.15) is 27.8 Å². The van der Waals surface area contributed by atoms with Crippen LogP contribution in [0.4, 0.5) is 0 Å². The standard InChI is InChI=1S/C14H14BrNO3/c1-9-4-5-10(15)7-11(9)14(18)16-8-12(17)13-3-2-6-19-13/h2-7,12,17H,8H2,1H3,(H,16,18)/t12-/m0/s1. The Bertz CT molecular complexity index is 566. The van der Waals surface area contributed by atoms with E-state index in [2.05, 4.69) is 21.2 Å². The van der Waals surface area contributed by atoms with Crippen molar-refractivity contribution in [2.45, 2.75) is 13.0 Å². The van der Waals surface area contributed by atoms with Gasteiger partial charge in [0.1, 0.15) is 11.9 Å². The highest BCUT2D eigenvalue weighted by atomic mass is 79.9. The van der Waals surface area contributed by atoms with Gasteiger partial charge in [-0.25, -0.2) is 0 Å². The molecule has 0 fully saturated rings. The number of benzene rings is 1. The van der Waals surface area contributed by atoms with Gasteiger partial charge in [-0.15, -0.1) is 0 Å². The van der Waals surface area contributed by atoms with E-state index in [-0.39, 0.29) is 12.5 Å². The lowest BCUT2D eigenvalue weighted by Gasteiger charge is -2.11. The normalized spacial score (nSPS) is 12.2. The Morgan fingerprint density at radius 1 is 1.47 bits per heavy atom. The number of furan rings is 1. The Hall–Kier alpha value is -1.59. The third-order valence-corrected chi connectivity index (χ3v) is 3.27. The first-order valence-corrected chi connectivity index (χ1v) is 6.63. The summed E-state index contributed by atoms with van der Waals surface area (Å²) < 4.78 is 5.91. The van der Waals surface area contributed by atoms with Crippen LogP contribution in [0.5, 0.6) is 0 Å². The van der Waals surface area contributed by atoms with Crippen LogP contribution in [-0.2, 0) is 0 Å². The molecule has 100 valence electrons. The highest BCUT2D eigenvalue weighted by Gasteiger charge is 2.14. The third-order valence-electron chi connectivity index (χ3n) is 2.77. The summed E-state index contributed by atoms with van der Waals surface area (Å²) in [6.07, 6.45) is 0.644. The lowest BCUT2D eigenvalue weighted by Crippen LogP contribution is -2.28. The largest absolute Gasteiger partial charge is 0.467 e. The van der Waals surface area contributed by atoms with E-state index in [1.165, 1.54) is 6.26 Å². The predicted molar refractivity (Wildman–Crippen MR) is 74.9 cm³/mol. The second-order valence-electron chi connectivity index (χ2n) is 4.20. The second kappa shape index (κ2) is 6.04. The molecular weight excluding hydrogens is 310 g/mol. The number of aliphatic hydroxyl groups is 1. The van der Waals surface area contributed by atoms with Crippen molar-refractivity contribution in [2.24, 2.45) is 0 Å². The fourth-order valence-electron chi connectivity index (χ4n) is 1.70. The number of hydrogen-bond acceptors (Lipinski definition) is 3. The zero-order chi connectivity index (χ0) is 13.8. The molecule has 0 saturated heterocycles. The van der Waals surface area contributed by atoms with Crippen molar-refractivity contribution in [2.75, 3.05) is 6.54 Å². The number of halogens is 1. The first-order valence-electron chi connectivity index (χ1n) is 5.83. The van der Waals surface area contributed by atoms with Gasteiger partial charge in [0.05, 0.1) is 12.8 Å². The van der Waals surface area contributed by atoms with Gasteiger partial charge in [0.15, 0.2) is 0 Å². The van der Waals surface area contributed by atoms with Crippen LogP contribution < -0.4 is 5.32 Å². The first-order chi connectivity index (χ1) is 9.08. The summed E-state index contributed by atoms with van der Waals surface area (Å²) in [5.41, 5.74) is 1.47. The molecule has 0 aliphatic rings. The molecule has 4 nitrogen and oxygen atoms in total. The van der Waals surface area contributed by atoms with Crippen molar-refractivity contribution in [3.63, 3.8) is 0 Å². The maximum Gasteiger partial charge on any atom is 0.251 e. The van der Waals surface area contributed by atoms with Crippen LogP contribution in [0, 0.1) is 6.92 Å². The minimum Gasteiger partial charge on any atom is -0.467 e. The molecule has 0 radical (unpaired) electrons. The number of hydrogen-bond donors (Lipinski definition) is 2. The molecule has 2 aromatic rings. The van der Waals surface area contributed by atoms with Gasteiger partial charge in [0.25, 0.3) is 5.91 Å². The molecule has 1 aromatic heterocycles. The molecule has 0 aliphatic carbocycles. The minimum atomic E-state index is -0.841. The summed E-state index contributed by atoms with van der Waals surface area (Å²) >= 11 is 3.33. The van der Waals surface area contributed by atoms with Crippen LogP contribution in [0.3, 0.4) is 0 Å². The molecule has 5 heteroatoms. The number of aryl methyl sites for hydroxylation is 1. The van der Waals surface area contributed by atoms with E-state index in [1.54, 1.807) is 18.2 Å². The van der Waals surface area contributed by atoms with Crippen LogP contribution in [0.2, 0.25) is 0 Å². The number of amides is 1. The molecule has 1 atom stereocenters. The maximum atomic E-state index is 12.0. The van der Waals surface area contributed by atoms with E-state index in [9.17, 15) is 9.90 Å². The highest BCUT2D eigenvalue weighted by molar-refractivity contribution is 9.10. The van der Waals surface area contributed by atoms with Gasteiger partial charge in [-0.1, -0.05) is 22.0 Å². The maximum absolute atomic E-state index is 12.0. The summed E-state index contributed by atoms with van der Waals surface area (Å²) in [5, 5.41) is 12.5. The van der Waals surface area contributed by atoms with E-state index in [1.807, 2.05) is 19.1 Å². The summed E-state index contributed by atoms with van der Waals surface area (Å²) in [5.74, 6) is 0.218. The molecular formula is C14H14BrNO3. The monoisotopic (exact) mass is 323 g/mol. The Kier molecular flexibility index (Phi) is 4.39. The summed E-state index contributed by atoms with van der Waals surface area (Å²) in [6, 6.07) is 8.86. The topological polar surface area (TPSA) is 62.5 Å². The zero-order valence-corrected chi connectivity index (χ0v) is 12.0. The van der Waals surface area contributed by atoms with Gasteiger partial charge >= 0.3 is 0 Å². The molecule has 1 heterocycles. The van der Waals surface area contributed by atoms with Crippen molar-refractivity contribution in [1.82, 2.24) is 5.32 Å². The Morgan fingerprint density at radius 2 is 2.26 bits per heavy atom. The minimum absolute atomic E-state index is 0.109. The summed E-state index contributed by atoms with van der Waals surface area (Å²) in [4.78, 5) is 12.0. The number of nitrogens with one attached hydrogen (secondary N) is 1. The Balaban J connectivity index is 2.00. The fourth-order valence-corrected chi connectivity index (χ4v) is 2.07. The molecule has 0 spiro atoms. The fraction of sp³-hybridized carbons (Fsp3) is 0.214. The van der Waals surface area contributed by atoms with Crippen LogP contribution >= 0.6 is 15.9 Å². The van der Waals surface area contributed by atoms with Crippen molar-refractivity contribution >= 4 is 21.8 Å². The molecule has 1 aromatic carbocycles. The van der Waals surface area contributed by atoms with Crippen molar-refractivity contribution < 1.29 is 14.3 Å². The first kappa shape index (κ1) is 13.8. The quantitative estimate of drug-likeness (QED) is 0.909. The van der Waals surface area contributed by atoms with Crippen molar-refractivity contribution in [3.8, 4) is 0 Å². The van der Waals surface area contributed by atoms with E-state index in [0.29, 0.717) is 11.3 Å². The van der Waals surface area contributed by atoms with Gasteiger partial charge in [-0.3, -0.25) is 4.79 Å². The molecule has 0 unspecified atom stereocenters. The molecule has 2 N–H and O–H groups in total. The van der Waals surface area contributed by atoms with Gasteiger partial charge in [0.2, 0.25) is 0 Å². The smallest absolute Gasteiger partial charge is 0.251 e. The molecule has 19 heavy (non-hydrogen) atoms. The molecule has 0 bridgehead atoms. The lowest BCUT2D eigenvalue weighted by atomic mass is 10.1. The van der Waals surface area contributed by atoms with Crippen molar-refractivity contribution in [1.29, 1.82) is 0 Å². The predicted octanol–water partition coefficient (Wildman–Crippen LogP) is 2.81. The van der Waals surface area contributed by atoms with Crippen molar-refractivity contribution in [3.05, 3.63) is 58.0 Å². The number of carbonyl (C=O) groups excluding carboxylic acids is 1. The van der Waals surface area contributed by atoms with E-state index in [0.717, 1.165) is 10.0 Å². The Labute approximate surface area is 119 Å². The SMILES string of the molecule is Cc1ccc(Br)cc1C(=O)NC[C@H](O)c1ccco1. The van der Waals surface area contributed by atoms with E-state index >= 15 is 0 Å². The van der Waals surface area contributed by atoms with Crippen LogP contribution in [-0.4, -0.2) is 17.6 Å². The average Bonchev–Trinajstić information content (AvgIpc) is 2.92. The molecule has 2 rings (SSSR count). The van der Waals surface area contributed by atoms with Gasteiger partial charge in [0, 0.05) is 10.0 Å². The van der Waals surface area contributed by atoms with Crippen LogP contribution in [0.15, 0.2) is 45.5 Å².